The van der Waals surface area contributed by atoms with Gasteiger partial charge >= 0.3 is 0 Å². The largest absolute Gasteiger partial charge is 0.394 e. The van der Waals surface area contributed by atoms with Crippen LogP contribution in [0.15, 0.2) is 42.0 Å². The standard InChI is InChI=1S/C18H21NO3/c20-12-15-8-4-5-10-18(15)11-9-17(22)19(18)16(13-21)14-6-2-1-3-7-14/h1-3,6-8,12,16,21H,4-5,9-11,13H2/t16-,18-/m0/s1. The van der Waals surface area contributed by atoms with Gasteiger partial charge in [0.15, 0.2) is 0 Å². The second kappa shape index (κ2) is 6.05. The molecule has 1 aromatic rings. The average molecular weight is 299 g/mol. The van der Waals surface area contributed by atoms with Crippen LogP contribution in [0.3, 0.4) is 0 Å². The monoisotopic (exact) mass is 299 g/mol. The molecule has 4 heteroatoms. The highest BCUT2D eigenvalue weighted by Crippen LogP contribution is 2.46. The van der Waals surface area contributed by atoms with E-state index >= 15 is 0 Å². The minimum absolute atomic E-state index is 0.0255. The first-order valence-electron chi connectivity index (χ1n) is 7.87. The molecule has 0 bridgehead atoms. The number of carbonyl (C=O) groups excluding carboxylic acids is 2. The van der Waals surface area contributed by atoms with Gasteiger partial charge in [0, 0.05) is 12.0 Å². The molecular weight excluding hydrogens is 278 g/mol. The normalized spacial score (nSPS) is 26.1. The Hall–Kier alpha value is -1.94. The quantitative estimate of drug-likeness (QED) is 0.869. The number of allylic oxidation sites excluding steroid dienone is 1. The molecule has 1 aliphatic heterocycles. The van der Waals surface area contributed by atoms with E-state index in [0.29, 0.717) is 18.4 Å². The fourth-order valence-corrected chi connectivity index (χ4v) is 3.95. The van der Waals surface area contributed by atoms with Crippen molar-refractivity contribution in [2.75, 3.05) is 6.61 Å². The van der Waals surface area contributed by atoms with Gasteiger partial charge in [0.1, 0.15) is 6.29 Å². The fraction of sp³-hybridized carbons (Fsp3) is 0.444. The molecule has 1 aliphatic carbocycles. The lowest BCUT2D eigenvalue weighted by molar-refractivity contribution is -0.135. The molecule has 0 saturated carbocycles. The van der Waals surface area contributed by atoms with E-state index in [4.69, 9.17) is 0 Å². The highest BCUT2D eigenvalue weighted by molar-refractivity contribution is 5.86. The van der Waals surface area contributed by atoms with E-state index < -0.39 is 11.6 Å². The van der Waals surface area contributed by atoms with E-state index in [1.807, 2.05) is 36.4 Å². The molecule has 2 aliphatic rings. The zero-order valence-corrected chi connectivity index (χ0v) is 12.6. The molecule has 0 unspecified atom stereocenters. The molecule has 1 saturated heterocycles. The van der Waals surface area contributed by atoms with Gasteiger partial charge in [0.05, 0.1) is 18.2 Å². The van der Waals surface area contributed by atoms with E-state index in [1.54, 1.807) is 4.90 Å². The number of aldehydes is 1. The maximum atomic E-state index is 12.6. The first kappa shape index (κ1) is 15.0. The SMILES string of the molecule is O=CC1=CCCC[C@]12CCC(=O)N2[C@@H](CO)c1ccccc1. The maximum Gasteiger partial charge on any atom is 0.223 e. The van der Waals surface area contributed by atoms with Crippen molar-refractivity contribution < 1.29 is 14.7 Å². The Bertz CT molecular complexity index is 596. The third-order valence-electron chi connectivity index (χ3n) is 4.97. The van der Waals surface area contributed by atoms with Gasteiger partial charge in [-0.1, -0.05) is 36.4 Å². The molecule has 1 spiro atoms. The van der Waals surface area contributed by atoms with Crippen molar-refractivity contribution in [3.05, 3.63) is 47.5 Å². The van der Waals surface area contributed by atoms with Crippen LogP contribution in [0.25, 0.3) is 0 Å². The summed E-state index contributed by atoms with van der Waals surface area (Å²) in [6.45, 7) is -0.135. The van der Waals surface area contributed by atoms with Crippen LogP contribution in [0.2, 0.25) is 0 Å². The summed E-state index contributed by atoms with van der Waals surface area (Å²) in [5.74, 6) is 0.0255. The molecule has 22 heavy (non-hydrogen) atoms. The number of aliphatic hydroxyl groups excluding tert-OH is 1. The van der Waals surface area contributed by atoms with Crippen LogP contribution in [-0.4, -0.2) is 34.3 Å². The van der Waals surface area contributed by atoms with Crippen LogP contribution in [0.5, 0.6) is 0 Å². The van der Waals surface area contributed by atoms with Gasteiger partial charge in [0.25, 0.3) is 0 Å². The van der Waals surface area contributed by atoms with Crippen LogP contribution in [0, 0.1) is 0 Å². The Labute approximate surface area is 130 Å². The molecular formula is C18H21NO3. The number of aliphatic hydroxyl groups is 1. The van der Waals surface area contributed by atoms with Crippen molar-refractivity contribution in [1.82, 2.24) is 4.90 Å². The molecule has 4 nitrogen and oxygen atoms in total. The first-order valence-corrected chi connectivity index (χ1v) is 7.87. The summed E-state index contributed by atoms with van der Waals surface area (Å²) in [6.07, 6.45) is 6.60. The third-order valence-corrected chi connectivity index (χ3v) is 4.97. The predicted molar refractivity (Wildman–Crippen MR) is 83.1 cm³/mol. The molecule has 0 aromatic heterocycles. The number of hydrogen-bond donors (Lipinski definition) is 1. The molecule has 116 valence electrons. The Morgan fingerprint density at radius 3 is 2.73 bits per heavy atom. The molecule has 1 N–H and O–H groups in total. The zero-order valence-electron chi connectivity index (χ0n) is 12.6. The number of likely N-dealkylation sites (tertiary alicyclic amines) is 1. The van der Waals surface area contributed by atoms with E-state index in [2.05, 4.69) is 0 Å². The smallest absolute Gasteiger partial charge is 0.223 e. The predicted octanol–water partition coefficient (Wildman–Crippen LogP) is 2.39. The molecule has 3 rings (SSSR count). The highest BCUT2D eigenvalue weighted by Gasteiger charge is 2.51. The zero-order chi connectivity index (χ0) is 15.6. The van der Waals surface area contributed by atoms with Crippen LogP contribution < -0.4 is 0 Å². The summed E-state index contributed by atoms with van der Waals surface area (Å²) in [4.78, 5) is 25.9. The number of nitrogens with zero attached hydrogens (tertiary/aromatic N) is 1. The maximum absolute atomic E-state index is 12.6. The van der Waals surface area contributed by atoms with Gasteiger partial charge < -0.3 is 10.0 Å². The molecule has 1 fully saturated rings. The van der Waals surface area contributed by atoms with Crippen molar-refractivity contribution >= 4 is 12.2 Å². The van der Waals surface area contributed by atoms with Gasteiger partial charge in [-0.3, -0.25) is 9.59 Å². The van der Waals surface area contributed by atoms with E-state index in [1.165, 1.54) is 0 Å². The summed E-state index contributed by atoms with van der Waals surface area (Å²) in [6, 6.07) is 9.18. The van der Waals surface area contributed by atoms with Crippen LogP contribution in [0.4, 0.5) is 0 Å². The summed E-state index contributed by atoms with van der Waals surface area (Å²) in [7, 11) is 0. The summed E-state index contributed by atoms with van der Waals surface area (Å²) in [5.41, 5.74) is 1.09. The molecule has 1 heterocycles. The minimum Gasteiger partial charge on any atom is -0.394 e. The molecule has 2 atom stereocenters. The minimum atomic E-state index is -0.527. The highest BCUT2D eigenvalue weighted by atomic mass is 16.3. The lowest BCUT2D eigenvalue weighted by Gasteiger charge is -2.45. The first-order chi connectivity index (χ1) is 10.7. The van der Waals surface area contributed by atoms with E-state index in [0.717, 1.165) is 31.1 Å². The number of amides is 1. The molecule has 1 amide bonds. The van der Waals surface area contributed by atoms with Crippen LogP contribution >= 0.6 is 0 Å². The van der Waals surface area contributed by atoms with Crippen molar-refractivity contribution in [3.63, 3.8) is 0 Å². The van der Waals surface area contributed by atoms with Gasteiger partial charge in [0.2, 0.25) is 5.91 Å². The van der Waals surface area contributed by atoms with Crippen molar-refractivity contribution in [3.8, 4) is 0 Å². The van der Waals surface area contributed by atoms with Crippen molar-refractivity contribution in [2.45, 2.75) is 43.7 Å². The lowest BCUT2D eigenvalue weighted by Crippen LogP contribution is -2.51. The third kappa shape index (κ3) is 2.28. The Morgan fingerprint density at radius 1 is 1.27 bits per heavy atom. The number of rotatable bonds is 4. The Morgan fingerprint density at radius 2 is 2.05 bits per heavy atom. The van der Waals surface area contributed by atoms with Crippen LogP contribution in [-0.2, 0) is 9.59 Å². The second-order valence-corrected chi connectivity index (χ2v) is 6.07. The Balaban J connectivity index is 2.05. The van der Waals surface area contributed by atoms with E-state index in [9.17, 15) is 14.7 Å². The van der Waals surface area contributed by atoms with Gasteiger partial charge in [-0.25, -0.2) is 0 Å². The number of carbonyl (C=O) groups is 2. The molecule has 1 aromatic carbocycles. The van der Waals surface area contributed by atoms with Crippen molar-refractivity contribution in [2.24, 2.45) is 0 Å². The number of hydrogen-bond acceptors (Lipinski definition) is 3. The number of benzene rings is 1. The molecule has 0 radical (unpaired) electrons. The summed E-state index contributed by atoms with van der Waals surface area (Å²) < 4.78 is 0. The lowest BCUT2D eigenvalue weighted by atomic mass is 9.77. The van der Waals surface area contributed by atoms with Crippen LogP contribution in [0.1, 0.15) is 43.7 Å². The van der Waals surface area contributed by atoms with E-state index in [-0.39, 0.29) is 12.5 Å². The average Bonchev–Trinajstić information content (AvgIpc) is 2.88. The summed E-state index contributed by atoms with van der Waals surface area (Å²) >= 11 is 0. The van der Waals surface area contributed by atoms with Gasteiger partial charge in [-0.15, -0.1) is 0 Å². The summed E-state index contributed by atoms with van der Waals surface area (Å²) in [5, 5.41) is 9.93. The van der Waals surface area contributed by atoms with Crippen molar-refractivity contribution in [1.29, 1.82) is 0 Å². The second-order valence-electron chi connectivity index (χ2n) is 6.07. The van der Waals surface area contributed by atoms with Gasteiger partial charge in [-0.2, -0.15) is 0 Å². The van der Waals surface area contributed by atoms with Gasteiger partial charge in [-0.05, 0) is 31.2 Å². The fourth-order valence-electron chi connectivity index (χ4n) is 3.95. The Kier molecular flexibility index (Phi) is 4.12. The topological polar surface area (TPSA) is 57.6 Å².